The third-order valence-corrected chi connectivity index (χ3v) is 5.29. The van der Waals surface area contributed by atoms with Crippen LogP contribution in [0.1, 0.15) is 23.7 Å². The normalized spacial score (nSPS) is 16.3. The number of nitrogens with one attached hydrogen (secondary N) is 2. The van der Waals surface area contributed by atoms with E-state index in [1.807, 2.05) is 6.92 Å². The molecule has 1 aromatic carbocycles. The lowest BCUT2D eigenvalue weighted by atomic mass is 10.1. The molecule has 0 bridgehead atoms. The second-order valence-electron chi connectivity index (χ2n) is 6.79. The van der Waals surface area contributed by atoms with E-state index in [1.54, 1.807) is 25.3 Å². The number of amides is 1. The maximum Gasteiger partial charge on any atom is 0.251 e. The lowest BCUT2D eigenvalue weighted by Gasteiger charge is -2.21. The summed E-state index contributed by atoms with van der Waals surface area (Å²) in [6, 6.07) is 4.82. The monoisotopic (exact) mass is 572 g/mol. The van der Waals surface area contributed by atoms with Crippen LogP contribution in [-0.4, -0.2) is 76.4 Å². The molecule has 170 valence electrons. The van der Waals surface area contributed by atoms with Crippen LogP contribution in [0.4, 0.5) is 0 Å². The minimum absolute atomic E-state index is 0. The summed E-state index contributed by atoms with van der Waals surface area (Å²) in [4.78, 5) is 19.1. The van der Waals surface area contributed by atoms with Crippen LogP contribution >= 0.6 is 47.2 Å². The van der Waals surface area contributed by atoms with Gasteiger partial charge in [0.05, 0.1) is 36.4 Å². The lowest BCUT2D eigenvalue weighted by molar-refractivity contribution is 0.0536. The molecule has 0 spiro atoms. The second kappa shape index (κ2) is 15.1. The number of rotatable bonds is 10. The fourth-order valence-electron chi connectivity index (χ4n) is 3.05. The average molecular weight is 573 g/mol. The predicted octanol–water partition coefficient (Wildman–Crippen LogP) is 3.29. The molecule has 2 rings (SSSR count). The number of carbonyl (C=O) groups excluding carboxylic acids is 1. The number of benzene rings is 1. The number of methoxy groups -OCH3 is 1. The maximum absolute atomic E-state index is 12.2. The fraction of sp³-hybridized carbons (Fsp3) is 0.600. The first-order chi connectivity index (χ1) is 14.0. The standard InChI is InChI=1S/C20H30Cl2N4O3.HI/c1-3-23-20(26-9-6-15(13-26)14-29-11-10-28-2)25-8-7-24-19(27)16-4-5-17(21)18(22)12-16;/h4-5,12,15H,3,6-11,13-14H2,1-2H3,(H,23,25)(H,24,27);1H. The van der Waals surface area contributed by atoms with Crippen LogP contribution in [0.3, 0.4) is 0 Å². The highest BCUT2D eigenvalue weighted by Crippen LogP contribution is 2.22. The van der Waals surface area contributed by atoms with Crippen molar-refractivity contribution in [3.05, 3.63) is 33.8 Å². The van der Waals surface area contributed by atoms with Gasteiger partial charge in [0.25, 0.3) is 5.91 Å². The number of guanidine groups is 1. The molecular weight excluding hydrogens is 542 g/mol. The Morgan fingerprint density at radius 1 is 1.27 bits per heavy atom. The Morgan fingerprint density at radius 3 is 2.77 bits per heavy atom. The summed E-state index contributed by atoms with van der Waals surface area (Å²) in [5, 5.41) is 6.97. The van der Waals surface area contributed by atoms with E-state index in [0.29, 0.717) is 47.8 Å². The fourth-order valence-corrected chi connectivity index (χ4v) is 3.35. The van der Waals surface area contributed by atoms with Gasteiger partial charge in [-0.1, -0.05) is 23.2 Å². The van der Waals surface area contributed by atoms with Crippen LogP contribution in [0.5, 0.6) is 0 Å². The van der Waals surface area contributed by atoms with Crippen molar-refractivity contribution >= 4 is 59.0 Å². The van der Waals surface area contributed by atoms with Crippen LogP contribution in [0, 0.1) is 5.92 Å². The summed E-state index contributed by atoms with van der Waals surface area (Å²) >= 11 is 11.8. The number of halogens is 3. The first-order valence-electron chi connectivity index (χ1n) is 9.88. The van der Waals surface area contributed by atoms with Gasteiger partial charge in [0.15, 0.2) is 5.96 Å². The number of likely N-dealkylation sites (tertiary alicyclic amines) is 1. The minimum Gasteiger partial charge on any atom is -0.382 e. The molecule has 2 N–H and O–H groups in total. The molecule has 0 aromatic heterocycles. The van der Waals surface area contributed by atoms with Crippen molar-refractivity contribution in [1.29, 1.82) is 0 Å². The predicted molar refractivity (Wildman–Crippen MR) is 133 cm³/mol. The van der Waals surface area contributed by atoms with Crippen molar-refractivity contribution in [2.45, 2.75) is 13.3 Å². The number of aliphatic imine (C=N–C) groups is 1. The molecule has 30 heavy (non-hydrogen) atoms. The minimum atomic E-state index is -0.196. The van der Waals surface area contributed by atoms with Crippen LogP contribution < -0.4 is 10.6 Å². The lowest BCUT2D eigenvalue weighted by Crippen LogP contribution is -2.41. The molecule has 1 atom stereocenters. The van der Waals surface area contributed by atoms with Crippen LogP contribution in [0.2, 0.25) is 10.0 Å². The van der Waals surface area contributed by atoms with E-state index in [0.717, 1.165) is 38.6 Å². The molecule has 1 amide bonds. The summed E-state index contributed by atoms with van der Waals surface area (Å²) in [5.74, 6) is 1.17. The Kier molecular flexibility index (Phi) is 13.7. The second-order valence-corrected chi connectivity index (χ2v) is 7.60. The van der Waals surface area contributed by atoms with Gasteiger partial charge in [0.2, 0.25) is 0 Å². The summed E-state index contributed by atoms with van der Waals surface area (Å²) in [6.07, 6.45) is 1.07. The number of ether oxygens (including phenoxy) is 2. The topological polar surface area (TPSA) is 75.2 Å². The molecule has 0 aliphatic carbocycles. The van der Waals surface area contributed by atoms with Gasteiger partial charge in [-0.15, -0.1) is 24.0 Å². The van der Waals surface area contributed by atoms with Gasteiger partial charge in [-0.25, -0.2) is 0 Å². The van der Waals surface area contributed by atoms with E-state index < -0.39 is 0 Å². The molecule has 1 unspecified atom stereocenters. The SMILES string of the molecule is CCNC(=NCCNC(=O)c1ccc(Cl)c(Cl)c1)N1CCC(COCCOC)C1.I. The van der Waals surface area contributed by atoms with Gasteiger partial charge in [0, 0.05) is 44.8 Å². The Labute approximate surface area is 205 Å². The van der Waals surface area contributed by atoms with Crippen molar-refractivity contribution in [3.63, 3.8) is 0 Å². The molecule has 0 saturated carbocycles. The highest BCUT2D eigenvalue weighted by Gasteiger charge is 2.24. The van der Waals surface area contributed by atoms with E-state index in [1.165, 1.54) is 0 Å². The summed E-state index contributed by atoms with van der Waals surface area (Å²) in [5.41, 5.74) is 0.478. The smallest absolute Gasteiger partial charge is 0.251 e. The third kappa shape index (κ3) is 9.13. The molecule has 1 saturated heterocycles. The number of hydrogen-bond donors (Lipinski definition) is 2. The largest absolute Gasteiger partial charge is 0.382 e. The number of carbonyl (C=O) groups is 1. The molecule has 1 aromatic rings. The van der Waals surface area contributed by atoms with Gasteiger partial charge in [-0.05, 0) is 31.5 Å². The van der Waals surface area contributed by atoms with E-state index in [9.17, 15) is 4.79 Å². The third-order valence-electron chi connectivity index (χ3n) is 4.55. The van der Waals surface area contributed by atoms with Crippen LogP contribution in [-0.2, 0) is 9.47 Å². The van der Waals surface area contributed by atoms with Crippen molar-refractivity contribution in [3.8, 4) is 0 Å². The number of nitrogens with zero attached hydrogens (tertiary/aromatic N) is 2. The molecule has 7 nitrogen and oxygen atoms in total. The van der Waals surface area contributed by atoms with Crippen molar-refractivity contribution < 1.29 is 14.3 Å². The van der Waals surface area contributed by atoms with Crippen LogP contribution in [0.15, 0.2) is 23.2 Å². The average Bonchev–Trinajstić information content (AvgIpc) is 3.18. The van der Waals surface area contributed by atoms with Crippen LogP contribution in [0.25, 0.3) is 0 Å². The highest BCUT2D eigenvalue weighted by molar-refractivity contribution is 14.0. The molecule has 1 aliphatic heterocycles. The van der Waals surface area contributed by atoms with Gasteiger partial charge < -0.3 is 25.0 Å². The molecule has 1 fully saturated rings. The molecule has 1 aliphatic rings. The van der Waals surface area contributed by atoms with E-state index in [-0.39, 0.29) is 29.9 Å². The molecule has 0 radical (unpaired) electrons. The zero-order valence-corrected chi connectivity index (χ0v) is 21.3. The zero-order valence-electron chi connectivity index (χ0n) is 17.5. The quantitative estimate of drug-likeness (QED) is 0.195. The Hall–Kier alpha value is -0.810. The Balaban J connectivity index is 0.00000450. The first kappa shape index (κ1) is 27.2. The van der Waals surface area contributed by atoms with Gasteiger partial charge >= 0.3 is 0 Å². The van der Waals surface area contributed by atoms with Gasteiger partial charge in [0.1, 0.15) is 0 Å². The first-order valence-corrected chi connectivity index (χ1v) is 10.6. The van der Waals surface area contributed by atoms with Gasteiger partial charge in [-0.3, -0.25) is 9.79 Å². The van der Waals surface area contributed by atoms with Crippen molar-refractivity contribution in [1.82, 2.24) is 15.5 Å². The Morgan fingerprint density at radius 2 is 2.07 bits per heavy atom. The van der Waals surface area contributed by atoms with Crippen molar-refractivity contribution in [2.75, 3.05) is 59.7 Å². The van der Waals surface area contributed by atoms with Crippen molar-refractivity contribution in [2.24, 2.45) is 10.9 Å². The summed E-state index contributed by atoms with van der Waals surface area (Å²) in [7, 11) is 1.67. The van der Waals surface area contributed by atoms with E-state index in [4.69, 9.17) is 32.7 Å². The molecule has 10 heteroatoms. The van der Waals surface area contributed by atoms with E-state index in [2.05, 4.69) is 20.5 Å². The van der Waals surface area contributed by atoms with Gasteiger partial charge in [-0.2, -0.15) is 0 Å². The number of hydrogen-bond acceptors (Lipinski definition) is 4. The highest BCUT2D eigenvalue weighted by atomic mass is 127. The zero-order chi connectivity index (χ0) is 21.1. The molecule has 1 heterocycles. The maximum atomic E-state index is 12.2. The summed E-state index contributed by atoms with van der Waals surface area (Å²) < 4.78 is 10.7. The molecular formula is C20H31Cl2IN4O3. The Bertz CT molecular complexity index is 694. The van der Waals surface area contributed by atoms with E-state index >= 15 is 0 Å². The summed E-state index contributed by atoms with van der Waals surface area (Å²) in [6.45, 7) is 7.59.